The Bertz CT molecular complexity index is 470. The first kappa shape index (κ1) is 14.8. The molecule has 20 heavy (non-hydrogen) atoms. The summed E-state index contributed by atoms with van der Waals surface area (Å²) < 4.78 is 18.4. The predicted octanol–water partition coefficient (Wildman–Crippen LogP) is 1.61. The Morgan fingerprint density at radius 2 is 2.15 bits per heavy atom. The highest BCUT2D eigenvalue weighted by Crippen LogP contribution is 2.20. The summed E-state index contributed by atoms with van der Waals surface area (Å²) in [5, 5.41) is 9.07. The number of amides is 1. The fourth-order valence-corrected chi connectivity index (χ4v) is 2.47. The molecule has 0 spiro atoms. The highest BCUT2D eigenvalue weighted by molar-refractivity contribution is 5.78. The Labute approximate surface area is 118 Å². The van der Waals surface area contributed by atoms with E-state index in [0.29, 0.717) is 24.6 Å². The van der Waals surface area contributed by atoms with Gasteiger partial charge in [-0.1, -0.05) is 6.07 Å². The monoisotopic (exact) mass is 281 g/mol. The summed E-state index contributed by atoms with van der Waals surface area (Å²) in [7, 11) is 1.41. The average Bonchev–Trinajstić information content (AvgIpc) is 2.47. The summed E-state index contributed by atoms with van der Waals surface area (Å²) >= 11 is 0. The smallest absolute Gasteiger partial charge is 0.226 e. The molecule has 0 aliphatic carbocycles. The minimum atomic E-state index is -0.447. The van der Waals surface area contributed by atoms with Gasteiger partial charge in [0.2, 0.25) is 5.91 Å². The zero-order chi connectivity index (χ0) is 14.5. The summed E-state index contributed by atoms with van der Waals surface area (Å²) in [4.78, 5) is 13.9. The Kier molecular flexibility index (Phi) is 4.95. The third-order valence-corrected chi connectivity index (χ3v) is 3.80. The molecular formula is C15H20FNO3. The molecule has 1 aromatic carbocycles. The van der Waals surface area contributed by atoms with Crippen LogP contribution in [0, 0.1) is 11.7 Å². The zero-order valence-corrected chi connectivity index (χ0v) is 11.6. The van der Waals surface area contributed by atoms with E-state index < -0.39 is 5.82 Å². The number of hydrogen-bond acceptors (Lipinski definition) is 3. The number of nitrogens with zero attached hydrogens (tertiary/aromatic N) is 1. The van der Waals surface area contributed by atoms with Crippen LogP contribution in [0.2, 0.25) is 0 Å². The van der Waals surface area contributed by atoms with Crippen molar-refractivity contribution in [3.05, 3.63) is 29.6 Å². The first-order chi connectivity index (χ1) is 9.63. The second-order valence-corrected chi connectivity index (χ2v) is 5.15. The molecule has 0 unspecified atom stereocenters. The molecule has 1 aliphatic heterocycles. The highest BCUT2D eigenvalue weighted by Gasteiger charge is 2.22. The Balaban J connectivity index is 1.93. The maximum absolute atomic E-state index is 13.6. The number of aliphatic hydroxyl groups excluding tert-OH is 1. The standard InChI is InChI=1S/C15H20FNO3/c1-20-14-3-2-12(8-13(14)16)9-15(19)17-6-4-11(10-18)5-7-17/h2-3,8,11,18H,4-7,9-10H2,1H3. The number of rotatable bonds is 4. The van der Waals surface area contributed by atoms with E-state index in [1.807, 2.05) is 0 Å². The van der Waals surface area contributed by atoms with Crippen molar-refractivity contribution < 1.29 is 19.0 Å². The molecule has 1 amide bonds. The molecule has 1 N–H and O–H groups in total. The summed E-state index contributed by atoms with van der Waals surface area (Å²) in [6.45, 7) is 1.52. The van der Waals surface area contributed by atoms with Crippen LogP contribution < -0.4 is 4.74 Å². The maximum atomic E-state index is 13.6. The summed E-state index contributed by atoms with van der Waals surface area (Å²) in [6, 6.07) is 4.59. The SMILES string of the molecule is COc1ccc(CC(=O)N2CCC(CO)CC2)cc1F. The van der Waals surface area contributed by atoms with Gasteiger partial charge < -0.3 is 14.7 Å². The second-order valence-electron chi connectivity index (χ2n) is 5.15. The maximum Gasteiger partial charge on any atom is 0.226 e. The van der Waals surface area contributed by atoms with E-state index in [1.54, 1.807) is 11.0 Å². The third kappa shape index (κ3) is 3.48. The summed E-state index contributed by atoms with van der Waals surface area (Å²) in [5.41, 5.74) is 0.651. The minimum Gasteiger partial charge on any atom is -0.494 e. The van der Waals surface area contributed by atoms with Gasteiger partial charge in [-0.05, 0) is 36.5 Å². The van der Waals surface area contributed by atoms with Crippen molar-refractivity contribution in [3.63, 3.8) is 0 Å². The van der Waals surface area contributed by atoms with E-state index in [4.69, 9.17) is 9.84 Å². The molecule has 1 fully saturated rings. The molecule has 0 bridgehead atoms. The van der Waals surface area contributed by atoms with Gasteiger partial charge in [-0.2, -0.15) is 0 Å². The van der Waals surface area contributed by atoms with Crippen molar-refractivity contribution in [1.29, 1.82) is 0 Å². The van der Waals surface area contributed by atoms with Gasteiger partial charge in [0.05, 0.1) is 13.5 Å². The average molecular weight is 281 g/mol. The van der Waals surface area contributed by atoms with Crippen LogP contribution in [0.3, 0.4) is 0 Å². The van der Waals surface area contributed by atoms with Crippen LogP contribution in [0.5, 0.6) is 5.75 Å². The predicted molar refractivity (Wildman–Crippen MR) is 73.0 cm³/mol. The van der Waals surface area contributed by atoms with E-state index in [-0.39, 0.29) is 24.7 Å². The van der Waals surface area contributed by atoms with Crippen molar-refractivity contribution in [1.82, 2.24) is 4.90 Å². The molecule has 1 heterocycles. The largest absolute Gasteiger partial charge is 0.494 e. The van der Waals surface area contributed by atoms with E-state index in [9.17, 15) is 9.18 Å². The van der Waals surface area contributed by atoms with Crippen molar-refractivity contribution >= 4 is 5.91 Å². The number of methoxy groups -OCH3 is 1. The van der Waals surface area contributed by atoms with Gasteiger partial charge in [0.1, 0.15) is 0 Å². The van der Waals surface area contributed by atoms with E-state index >= 15 is 0 Å². The Morgan fingerprint density at radius 3 is 2.70 bits per heavy atom. The number of carbonyl (C=O) groups is 1. The van der Waals surface area contributed by atoms with Crippen LogP contribution in [0.25, 0.3) is 0 Å². The third-order valence-electron chi connectivity index (χ3n) is 3.80. The number of carbonyl (C=O) groups excluding carboxylic acids is 1. The zero-order valence-electron chi connectivity index (χ0n) is 11.6. The van der Waals surface area contributed by atoms with Crippen LogP contribution in [0.1, 0.15) is 18.4 Å². The molecule has 0 atom stereocenters. The molecule has 4 nitrogen and oxygen atoms in total. The van der Waals surface area contributed by atoms with Crippen LogP contribution >= 0.6 is 0 Å². The first-order valence-corrected chi connectivity index (χ1v) is 6.85. The lowest BCUT2D eigenvalue weighted by atomic mass is 9.97. The van der Waals surface area contributed by atoms with Gasteiger partial charge in [0, 0.05) is 19.7 Å². The number of piperidine rings is 1. The highest BCUT2D eigenvalue weighted by atomic mass is 19.1. The fourth-order valence-electron chi connectivity index (χ4n) is 2.47. The van der Waals surface area contributed by atoms with E-state index in [1.165, 1.54) is 19.2 Å². The molecule has 0 radical (unpaired) electrons. The molecule has 0 aromatic heterocycles. The molecule has 110 valence electrons. The lowest BCUT2D eigenvalue weighted by Crippen LogP contribution is -2.40. The van der Waals surface area contributed by atoms with Crippen LogP contribution in [-0.4, -0.2) is 42.7 Å². The summed E-state index contributed by atoms with van der Waals surface area (Å²) in [5.74, 6) is 0.0465. The van der Waals surface area contributed by atoms with Gasteiger partial charge in [-0.15, -0.1) is 0 Å². The van der Waals surface area contributed by atoms with Gasteiger partial charge in [0.15, 0.2) is 11.6 Å². The van der Waals surface area contributed by atoms with Crippen LogP contribution in [-0.2, 0) is 11.2 Å². The topological polar surface area (TPSA) is 49.8 Å². The molecule has 1 saturated heterocycles. The number of hydrogen-bond donors (Lipinski definition) is 1. The number of likely N-dealkylation sites (tertiary alicyclic amines) is 1. The molecule has 1 aromatic rings. The van der Waals surface area contributed by atoms with Crippen LogP contribution in [0.15, 0.2) is 18.2 Å². The van der Waals surface area contributed by atoms with Crippen molar-refractivity contribution in [2.45, 2.75) is 19.3 Å². The van der Waals surface area contributed by atoms with E-state index in [0.717, 1.165) is 12.8 Å². The Hall–Kier alpha value is -1.62. The molecule has 0 saturated carbocycles. The van der Waals surface area contributed by atoms with E-state index in [2.05, 4.69) is 0 Å². The first-order valence-electron chi connectivity index (χ1n) is 6.85. The molecular weight excluding hydrogens is 261 g/mol. The van der Waals surface area contributed by atoms with Crippen molar-refractivity contribution in [2.24, 2.45) is 5.92 Å². The molecule has 1 aliphatic rings. The van der Waals surface area contributed by atoms with Gasteiger partial charge in [0.25, 0.3) is 0 Å². The normalized spacial score (nSPS) is 16.2. The van der Waals surface area contributed by atoms with Crippen LogP contribution in [0.4, 0.5) is 4.39 Å². The van der Waals surface area contributed by atoms with Gasteiger partial charge in [-0.3, -0.25) is 4.79 Å². The van der Waals surface area contributed by atoms with Gasteiger partial charge >= 0.3 is 0 Å². The quantitative estimate of drug-likeness (QED) is 0.912. The Morgan fingerprint density at radius 1 is 1.45 bits per heavy atom. The molecule has 5 heteroatoms. The minimum absolute atomic E-state index is 0.00552. The molecule has 2 rings (SSSR count). The number of ether oxygens (including phenoxy) is 1. The second kappa shape index (κ2) is 6.70. The van der Waals surface area contributed by atoms with Crippen molar-refractivity contribution in [2.75, 3.05) is 26.8 Å². The summed E-state index contributed by atoms with van der Waals surface area (Å²) in [6.07, 6.45) is 1.86. The lowest BCUT2D eigenvalue weighted by Gasteiger charge is -2.31. The lowest BCUT2D eigenvalue weighted by molar-refractivity contribution is -0.132. The fraction of sp³-hybridized carbons (Fsp3) is 0.533. The number of halogens is 1. The number of benzene rings is 1. The van der Waals surface area contributed by atoms with Crippen molar-refractivity contribution in [3.8, 4) is 5.75 Å². The van der Waals surface area contributed by atoms with Gasteiger partial charge in [-0.25, -0.2) is 4.39 Å². The number of aliphatic hydroxyl groups is 1.